The molecule has 0 bridgehead atoms. The number of para-hydroxylation sites is 1. The van der Waals surface area contributed by atoms with Gasteiger partial charge in [-0.3, -0.25) is 4.98 Å². The summed E-state index contributed by atoms with van der Waals surface area (Å²) in [6.07, 6.45) is 1.78. The smallest absolute Gasteiger partial charge is 0.491 e. The molecule has 210 valence electrons. The van der Waals surface area contributed by atoms with Crippen LogP contribution in [0.15, 0.2) is 126 Å². The van der Waals surface area contributed by atoms with E-state index in [0.29, 0.717) is 11.6 Å². The van der Waals surface area contributed by atoms with Gasteiger partial charge in [0.2, 0.25) is 5.88 Å². The molecule has 0 radical (unpaired) electrons. The molecule has 0 aliphatic heterocycles. The van der Waals surface area contributed by atoms with Gasteiger partial charge >= 0.3 is 21.1 Å². The molecule has 0 saturated heterocycles. The summed E-state index contributed by atoms with van der Waals surface area (Å²) in [5, 5.41) is 6.49. The predicted molar refractivity (Wildman–Crippen MR) is 175 cm³/mol. The number of hydrogen-bond acceptors (Lipinski definition) is 5. The molecule has 5 aromatic carbocycles. The molecule has 6 heteroatoms. The van der Waals surface area contributed by atoms with Gasteiger partial charge in [-0.05, 0) is 34.7 Å². The molecule has 0 saturated carbocycles. The van der Waals surface area contributed by atoms with Crippen LogP contribution in [0, 0.1) is 12.1 Å². The SMILES string of the molecule is [Pt+2].[c-]1c(Oc2cc3c(sc4ccccc43)c(-c3[c-]c4ccccc4c4c3oc3ccccc34)n2)cccc1-c1ccccn1. The van der Waals surface area contributed by atoms with Gasteiger partial charge in [0.25, 0.3) is 0 Å². The first-order chi connectivity index (χ1) is 21.3. The van der Waals surface area contributed by atoms with Gasteiger partial charge < -0.3 is 14.1 Å². The number of hydrogen-bond donors (Lipinski definition) is 0. The number of aromatic nitrogens is 2. The van der Waals surface area contributed by atoms with Gasteiger partial charge in [0.15, 0.2) is 0 Å². The van der Waals surface area contributed by atoms with E-state index in [9.17, 15) is 0 Å². The normalized spacial score (nSPS) is 11.5. The van der Waals surface area contributed by atoms with E-state index in [1.807, 2.05) is 60.7 Å². The van der Waals surface area contributed by atoms with Crippen LogP contribution in [-0.4, -0.2) is 9.97 Å². The van der Waals surface area contributed by atoms with Crippen molar-refractivity contribution in [2.24, 2.45) is 0 Å². The molecular formula is C38H20N2O2PtS. The number of benzene rings is 5. The van der Waals surface area contributed by atoms with E-state index in [0.717, 1.165) is 70.7 Å². The van der Waals surface area contributed by atoms with Gasteiger partial charge in [-0.1, -0.05) is 83.7 Å². The fourth-order valence-electron chi connectivity index (χ4n) is 5.87. The van der Waals surface area contributed by atoms with E-state index in [1.54, 1.807) is 17.5 Å². The Balaban J connectivity index is 0.00000289. The molecule has 0 aliphatic carbocycles. The Kier molecular flexibility index (Phi) is 6.52. The second-order valence-corrected chi connectivity index (χ2v) is 11.4. The molecule has 0 amide bonds. The fourth-order valence-corrected chi connectivity index (χ4v) is 7.05. The Morgan fingerprint density at radius 2 is 1.50 bits per heavy atom. The Labute approximate surface area is 270 Å². The van der Waals surface area contributed by atoms with Crippen molar-refractivity contribution in [1.29, 1.82) is 0 Å². The van der Waals surface area contributed by atoms with E-state index in [4.69, 9.17) is 14.1 Å². The van der Waals surface area contributed by atoms with Gasteiger partial charge in [0, 0.05) is 43.9 Å². The summed E-state index contributed by atoms with van der Waals surface area (Å²) in [5.74, 6) is 1.04. The van der Waals surface area contributed by atoms with Gasteiger partial charge in [-0.25, -0.2) is 0 Å². The molecule has 4 heterocycles. The van der Waals surface area contributed by atoms with Crippen LogP contribution in [0.25, 0.3) is 75.4 Å². The van der Waals surface area contributed by atoms with Gasteiger partial charge in [-0.2, -0.15) is 0 Å². The van der Waals surface area contributed by atoms with Crippen molar-refractivity contribution in [3.05, 3.63) is 134 Å². The number of fused-ring (bicyclic) bond motifs is 8. The van der Waals surface area contributed by atoms with Crippen molar-refractivity contribution in [3.8, 4) is 34.1 Å². The van der Waals surface area contributed by atoms with E-state index >= 15 is 0 Å². The fraction of sp³-hybridized carbons (Fsp3) is 0. The average Bonchev–Trinajstić information content (AvgIpc) is 3.64. The van der Waals surface area contributed by atoms with Crippen molar-refractivity contribution in [1.82, 2.24) is 9.97 Å². The first kappa shape index (κ1) is 26.8. The van der Waals surface area contributed by atoms with Crippen LogP contribution < -0.4 is 4.74 Å². The summed E-state index contributed by atoms with van der Waals surface area (Å²) >= 11 is 1.72. The summed E-state index contributed by atoms with van der Waals surface area (Å²) in [6, 6.07) is 45.7. The monoisotopic (exact) mass is 763 g/mol. The summed E-state index contributed by atoms with van der Waals surface area (Å²) in [5.41, 5.74) is 4.89. The standard InChI is InChI=1S/C38H20N2O2S.Pt/c1-2-13-26-23(10-1)21-30(37-35(26)28-15-3-5-17-32(28)42-37)36-38-29(27-14-4-6-18-33(27)43-38)22-34(40-36)41-25-12-9-11-24(20-25)31-16-7-8-19-39-31;/h1-19,22H;/q-2;+2. The summed E-state index contributed by atoms with van der Waals surface area (Å²) in [7, 11) is 0. The quantitative estimate of drug-likeness (QED) is 0.168. The third-order valence-corrected chi connectivity index (χ3v) is 8.97. The first-order valence-corrected chi connectivity index (χ1v) is 14.8. The molecule has 9 rings (SSSR count). The van der Waals surface area contributed by atoms with E-state index < -0.39 is 0 Å². The average molecular weight is 764 g/mol. The largest absolute Gasteiger partial charge is 2.00 e. The molecular weight excluding hydrogens is 744 g/mol. The minimum atomic E-state index is 0. The zero-order valence-corrected chi connectivity index (χ0v) is 26.1. The predicted octanol–water partition coefficient (Wildman–Crippen LogP) is 10.6. The third kappa shape index (κ3) is 4.31. The minimum Gasteiger partial charge on any atom is -0.491 e. The molecule has 4 aromatic heterocycles. The van der Waals surface area contributed by atoms with E-state index in [-0.39, 0.29) is 21.1 Å². The van der Waals surface area contributed by atoms with Crippen molar-refractivity contribution < 1.29 is 30.2 Å². The summed E-state index contributed by atoms with van der Waals surface area (Å²) < 4.78 is 15.3. The summed E-state index contributed by atoms with van der Waals surface area (Å²) in [6.45, 7) is 0. The molecule has 0 fully saturated rings. The van der Waals surface area contributed by atoms with E-state index in [2.05, 4.69) is 71.7 Å². The van der Waals surface area contributed by atoms with Gasteiger partial charge in [-0.15, -0.1) is 52.6 Å². The van der Waals surface area contributed by atoms with Crippen LogP contribution in [0.1, 0.15) is 0 Å². The number of pyridine rings is 2. The Morgan fingerprint density at radius 1 is 0.705 bits per heavy atom. The minimum absolute atomic E-state index is 0. The maximum Gasteiger partial charge on any atom is 2.00 e. The van der Waals surface area contributed by atoms with Crippen LogP contribution in [0.5, 0.6) is 11.6 Å². The number of furan rings is 1. The van der Waals surface area contributed by atoms with Crippen LogP contribution >= 0.6 is 11.3 Å². The zero-order chi connectivity index (χ0) is 28.3. The topological polar surface area (TPSA) is 48.2 Å². The van der Waals surface area contributed by atoms with Crippen molar-refractivity contribution in [3.63, 3.8) is 0 Å². The van der Waals surface area contributed by atoms with Crippen LogP contribution in [-0.2, 0) is 21.1 Å². The maximum atomic E-state index is 6.57. The summed E-state index contributed by atoms with van der Waals surface area (Å²) in [4.78, 5) is 9.63. The van der Waals surface area contributed by atoms with E-state index in [1.165, 1.54) is 4.70 Å². The zero-order valence-electron chi connectivity index (χ0n) is 23.0. The Morgan fingerprint density at radius 3 is 2.39 bits per heavy atom. The molecule has 4 nitrogen and oxygen atoms in total. The van der Waals surface area contributed by atoms with Crippen molar-refractivity contribution in [2.45, 2.75) is 0 Å². The maximum absolute atomic E-state index is 6.57. The van der Waals surface area contributed by atoms with Crippen molar-refractivity contribution >= 4 is 64.2 Å². The number of ether oxygens (including phenoxy) is 1. The number of nitrogens with zero attached hydrogens (tertiary/aromatic N) is 2. The third-order valence-electron chi connectivity index (χ3n) is 7.78. The molecule has 0 unspecified atom stereocenters. The van der Waals surface area contributed by atoms with Crippen LogP contribution in [0.4, 0.5) is 0 Å². The molecule has 9 aromatic rings. The van der Waals surface area contributed by atoms with Gasteiger partial charge in [0.05, 0.1) is 5.58 Å². The molecule has 0 atom stereocenters. The number of rotatable bonds is 4. The molecule has 0 aliphatic rings. The Bertz CT molecular complexity index is 2500. The van der Waals surface area contributed by atoms with Gasteiger partial charge in [0.1, 0.15) is 5.58 Å². The second kappa shape index (κ2) is 10.7. The molecule has 0 spiro atoms. The second-order valence-electron chi connectivity index (χ2n) is 10.4. The molecule has 44 heavy (non-hydrogen) atoms. The van der Waals surface area contributed by atoms with Crippen LogP contribution in [0.3, 0.4) is 0 Å². The molecule has 0 N–H and O–H groups in total. The van der Waals surface area contributed by atoms with Crippen molar-refractivity contribution in [2.75, 3.05) is 0 Å². The number of thiophene rings is 1. The van der Waals surface area contributed by atoms with Crippen LogP contribution in [0.2, 0.25) is 0 Å². The first-order valence-electron chi connectivity index (χ1n) is 14.0. The Hall–Kier alpha value is -4.83.